The van der Waals surface area contributed by atoms with Crippen LogP contribution in [0.15, 0.2) is 24.3 Å². The van der Waals surface area contributed by atoms with E-state index in [1.54, 1.807) is 6.92 Å². The van der Waals surface area contributed by atoms with Crippen molar-refractivity contribution in [3.8, 4) is 0 Å². The third kappa shape index (κ3) is 5.95. The SMILES string of the molecule is CCN(C(=O)COC(=O)Cc1ccc(C(F)(F)F)cc1)C1CCS(=O)(=O)C1. The molecule has 0 saturated carbocycles. The first-order valence-electron chi connectivity index (χ1n) is 8.33. The molecular formula is C17H20F3NO5S. The Morgan fingerprint density at radius 2 is 1.85 bits per heavy atom. The second-order valence-electron chi connectivity index (χ2n) is 6.27. The summed E-state index contributed by atoms with van der Waals surface area (Å²) >= 11 is 0. The van der Waals surface area contributed by atoms with Crippen molar-refractivity contribution < 1.29 is 35.9 Å². The summed E-state index contributed by atoms with van der Waals surface area (Å²) in [6, 6.07) is 3.66. The van der Waals surface area contributed by atoms with Gasteiger partial charge in [-0.25, -0.2) is 8.42 Å². The molecule has 27 heavy (non-hydrogen) atoms. The van der Waals surface area contributed by atoms with Crippen molar-refractivity contribution in [2.45, 2.75) is 32.0 Å². The summed E-state index contributed by atoms with van der Waals surface area (Å²) < 4.78 is 65.5. The minimum Gasteiger partial charge on any atom is -0.455 e. The number of amides is 1. The minimum absolute atomic E-state index is 0.0230. The molecule has 1 unspecified atom stereocenters. The van der Waals surface area contributed by atoms with Gasteiger partial charge in [0.1, 0.15) is 0 Å². The molecule has 150 valence electrons. The fourth-order valence-electron chi connectivity index (χ4n) is 2.91. The fraction of sp³-hybridized carbons (Fsp3) is 0.529. The molecule has 0 aromatic heterocycles. The number of hydrogen-bond acceptors (Lipinski definition) is 5. The van der Waals surface area contributed by atoms with E-state index < -0.39 is 46.1 Å². The van der Waals surface area contributed by atoms with Gasteiger partial charge in [-0.1, -0.05) is 12.1 Å². The summed E-state index contributed by atoms with van der Waals surface area (Å²) in [4.78, 5) is 25.4. The molecule has 0 spiro atoms. The molecular weight excluding hydrogens is 387 g/mol. The highest BCUT2D eigenvalue weighted by molar-refractivity contribution is 7.91. The number of rotatable bonds is 6. The van der Waals surface area contributed by atoms with Crippen LogP contribution in [-0.2, 0) is 36.8 Å². The van der Waals surface area contributed by atoms with Crippen LogP contribution in [0.2, 0.25) is 0 Å². The summed E-state index contributed by atoms with van der Waals surface area (Å²) in [6.45, 7) is 1.45. The summed E-state index contributed by atoms with van der Waals surface area (Å²) in [5, 5.41) is 0. The van der Waals surface area contributed by atoms with Gasteiger partial charge in [-0.2, -0.15) is 13.2 Å². The number of sulfone groups is 1. The van der Waals surface area contributed by atoms with Crippen LogP contribution in [0.4, 0.5) is 13.2 Å². The summed E-state index contributed by atoms with van der Waals surface area (Å²) in [5.41, 5.74) is -0.491. The van der Waals surface area contributed by atoms with E-state index in [9.17, 15) is 31.2 Å². The lowest BCUT2D eigenvalue weighted by molar-refractivity contribution is -0.152. The van der Waals surface area contributed by atoms with Crippen molar-refractivity contribution >= 4 is 21.7 Å². The van der Waals surface area contributed by atoms with Gasteiger partial charge in [-0.3, -0.25) is 9.59 Å². The Morgan fingerprint density at radius 1 is 1.22 bits per heavy atom. The highest BCUT2D eigenvalue weighted by Crippen LogP contribution is 2.29. The molecule has 1 aromatic rings. The lowest BCUT2D eigenvalue weighted by Crippen LogP contribution is -2.43. The maximum Gasteiger partial charge on any atom is 0.416 e. The van der Waals surface area contributed by atoms with Crippen LogP contribution in [-0.4, -0.2) is 55.9 Å². The number of halogens is 3. The van der Waals surface area contributed by atoms with Crippen LogP contribution in [0.3, 0.4) is 0 Å². The van der Waals surface area contributed by atoms with Gasteiger partial charge >= 0.3 is 12.1 Å². The van der Waals surface area contributed by atoms with Crippen molar-refractivity contribution in [1.29, 1.82) is 0 Å². The topological polar surface area (TPSA) is 80.8 Å². The molecule has 1 amide bonds. The molecule has 1 aromatic carbocycles. The average molecular weight is 407 g/mol. The molecule has 1 atom stereocenters. The predicted molar refractivity (Wildman–Crippen MR) is 90.6 cm³/mol. The quantitative estimate of drug-likeness (QED) is 0.672. The van der Waals surface area contributed by atoms with Gasteiger partial charge < -0.3 is 9.64 Å². The van der Waals surface area contributed by atoms with E-state index in [4.69, 9.17) is 4.74 Å². The Labute approximate surface area is 155 Å². The summed E-state index contributed by atoms with van der Waals surface area (Å²) in [7, 11) is -3.15. The summed E-state index contributed by atoms with van der Waals surface area (Å²) in [6.07, 6.45) is -4.38. The lowest BCUT2D eigenvalue weighted by Gasteiger charge is -2.26. The van der Waals surface area contributed by atoms with Crippen LogP contribution in [0.1, 0.15) is 24.5 Å². The highest BCUT2D eigenvalue weighted by Gasteiger charge is 2.34. The number of nitrogens with zero attached hydrogens (tertiary/aromatic N) is 1. The first kappa shape index (κ1) is 21.2. The maximum atomic E-state index is 12.5. The third-order valence-electron chi connectivity index (χ3n) is 4.30. The zero-order chi connectivity index (χ0) is 20.2. The molecule has 1 aliphatic heterocycles. The Bertz CT molecular complexity index is 790. The molecule has 1 heterocycles. The van der Waals surface area contributed by atoms with Gasteiger partial charge in [-0.15, -0.1) is 0 Å². The maximum absolute atomic E-state index is 12.5. The van der Waals surface area contributed by atoms with Crippen LogP contribution in [0.5, 0.6) is 0 Å². The lowest BCUT2D eigenvalue weighted by atomic mass is 10.1. The number of likely N-dealkylation sites (N-methyl/N-ethyl adjacent to an activating group) is 1. The molecule has 2 rings (SSSR count). The average Bonchev–Trinajstić information content (AvgIpc) is 2.93. The van der Waals surface area contributed by atoms with Crippen LogP contribution < -0.4 is 0 Å². The Balaban J connectivity index is 1.86. The molecule has 1 fully saturated rings. The number of ether oxygens (including phenoxy) is 1. The van der Waals surface area contributed by atoms with Crippen LogP contribution in [0.25, 0.3) is 0 Å². The number of benzene rings is 1. The monoisotopic (exact) mass is 407 g/mol. The highest BCUT2D eigenvalue weighted by atomic mass is 32.2. The van der Waals surface area contributed by atoms with E-state index in [0.29, 0.717) is 12.0 Å². The second-order valence-corrected chi connectivity index (χ2v) is 8.50. The van der Waals surface area contributed by atoms with Gasteiger partial charge in [0.25, 0.3) is 5.91 Å². The van der Waals surface area contributed by atoms with E-state index in [2.05, 4.69) is 0 Å². The second kappa shape index (κ2) is 8.28. The first-order chi connectivity index (χ1) is 12.5. The zero-order valence-electron chi connectivity index (χ0n) is 14.7. The Morgan fingerprint density at radius 3 is 2.33 bits per heavy atom. The molecule has 0 aliphatic carbocycles. The Kier molecular flexibility index (Phi) is 6.50. The standard InChI is InChI=1S/C17H20F3NO5S/c1-2-21(14-7-8-27(24,25)11-14)15(22)10-26-16(23)9-12-3-5-13(6-4-12)17(18,19)20/h3-6,14H,2,7-11H2,1H3. The van der Waals surface area contributed by atoms with E-state index in [1.807, 2.05) is 0 Å². The zero-order valence-corrected chi connectivity index (χ0v) is 15.5. The Hall–Kier alpha value is -2.10. The van der Waals surface area contributed by atoms with Crippen molar-refractivity contribution in [2.75, 3.05) is 24.7 Å². The van der Waals surface area contributed by atoms with E-state index in [1.165, 1.54) is 17.0 Å². The minimum atomic E-state index is -4.46. The molecule has 1 saturated heterocycles. The largest absolute Gasteiger partial charge is 0.455 e. The van der Waals surface area contributed by atoms with Crippen LogP contribution in [0, 0.1) is 0 Å². The molecule has 0 radical (unpaired) electrons. The molecule has 10 heteroatoms. The van der Waals surface area contributed by atoms with Crippen LogP contribution >= 0.6 is 0 Å². The number of carbonyl (C=O) groups is 2. The first-order valence-corrected chi connectivity index (χ1v) is 10.2. The summed E-state index contributed by atoms with van der Waals surface area (Å²) in [5.74, 6) is -1.33. The van der Waals surface area contributed by atoms with Crippen molar-refractivity contribution in [1.82, 2.24) is 4.90 Å². The van der Waals surface area contributed by atoms with E-state index in [-0.39, 0.29) is 24.5 Å². The smallest absolute Gasteiger partial charge is 0.416 e. The van der Waals surface area contributed by atoms with E-state index >= 15 is 0 Å². The number of hydrogen-bond donors (Lipinski definition) is 0. The molecule has 1 aliphatic rings. The van der Waals surface area contributed by atoms with Gasteiger partial charge in [0.15, 0.2) is 16.4 Å². The van der Waals surface area contributed by atoms with Gasteiger partial charge in [-0.05, 0) is 31.0 Å². The molecule has 6 nitrogen and oxygen atoms in total. The van der Waals surface area contributed by atoms with Gasteiger partial charge in [0.05, 0.1) is 23.5 Å². The number of alkyl halides is 3. The van der Waals surface area contributed by atoms with Crippen molar-refractivity contribution in [3.63, 3.8) is 0 Å². The van der Waals surface area contributed by atoms with Gasteiger partial charge in [0, 0.05) is 12.6 Å². The predicted octanol–water partition coefficient (Wildman–Crippen LogP) is 1.83. The third-order valence-corrected chi connectivity index (χ3v) is 6.05. The van der Waals surface area contributed by atoms with Crippen molar-refractivity contribution in [2.24, 2.45) is 0 Å². The molecule has 0 N–H and O–H groups in total. The van der Waals surface area contributed by atoms with Gasteiger partial charge in [0.2, 0.25) is 0 Å². The number of esters is 1. The molecule has 0 bridgehead atoms. The fourth-order valence-corrected chi connectivity index (χ4v) is 4.64. The number of carbonyl (C=O) groups excluding carboxylic acids is 2. The normalized spacial score (nSPS) is 18.9. The van der Waals surface area contributed by atoms with E-state index in [0.717, 1.165) is 12.1 Å². The van der Waals surface area contributed by atoms with Crippen molar-refractivity contribution in [3.05, 3.63) is 35.4 Å².